The van der Waals surface area contributed by atoms with Crippen LogP contribution in [0.5, 0.6) is 0 Å². The van der Waals surface area contributed by atoms with Crippen molar-refractivity contribution in [3.8, 4) is 0 Å². The van der Waals surface area contributed by atoms with Gasteiger partial charge in [-0.05, 0) is 25.6 Å². The van der Waals surface area contributed by atoms with Crippen molar-refractivity contribution in [3.05, 3.63) is 23.9 Å². The maximum atomic E-state index is 9.87. The molecule has 0 radical (unpaired) electrons. The molecule has 110 valence electrons. The van der Waals surface area contributed by atoms with Crippen molar-refractivity contribution >= 4 is 7.81 Å². The van der Waals surface area contributed by atoms with Crippen LogP contribution in [0.15, 0.2) is 23.9 Å². The summed E-state index contributed by atoms with van der Waals surface area (Å²) >= 11 is 0. The van der Waals surface area contributed by atoms with Crippen LogP contribution in [0.4, 0.5) is 25.2 Å². The van der Waals surface area contributed by atoms with Crippen LogP contribution in [0.2, 0.25) is 0 Å². The molecule has 8 heteroatoms. The molecule has 0 bridgehead atoms. The van der Waals surface area contributed by atoms with E-state index in [-0.39, 0.29) is 1.43 Å². The van der Waals surface area contributed by atoms with Gasteiger partial charge in [0.2, 0.25) is 0 Å². The zero-order valence-electron chi connectivity index (χ0n) is 11.2. The fourth-order valence-electron chi connectivity index (χ4n) is 1.14. The molecule has 0 N–H and O–H groups in total. The summed E-state index contributed by atoms with van der Waals surface area (Å²) in [5.41, 5.74) is 1.39. The minimum atomic E-state index is -10.7. The first kappa shape index (κ1) is 17.3. The Morgan fingerprint density at radius 2 is 1.72 bits per heavy atom. The topological polar surface area (TPSA) is 3.24 Å². The summed E-state index contributed by atoms with van der Waals surface area (Å²) < 4.78 is 59.2. The van der Waals surface area contributed by atoms with Gasteiger partial charge in [-0.3, -0.25) is 0 Å². The van der Waals surface area contributed by atoms with Crippen LogP contribution < -0.4 is 0 Å². The number of unbranched alkanes of at least 4 members (excludes halogenated alkanes) is 1. The number of hydrogen-bond donors (Lipinski definition) is 0. The molecule has 0 saturated carbocycles. The Hall–Kier alpha value is -0.710. The van der Waals surface area contributed by atoms with Crippen LogP contribution >= 0.6 is 7.81 Å². The molecule has 0 aromatic rings. The van der Waals surface area contributed by atoms with Crippen LogP contribution in [-0.4, -0.2) is 18.0 Å². The van der Waals surface area contributed by atoms with Gasteiger partial charge in [-0.15, -0.1) is 0 Å². The van der Waals surface area contributed by atoms with Crippen LogP contribution in [0.25, 0.3) is 0 Å². The van der Waals surface area contributed by atoms with E-state index in [1.54, 1.807) is 0 Å². The van der Waals surface area contributed by atoms with Crippen LogP contribution in [-0.2, 0) is 0 Å². The van der Waals surface area contributed by atoms with Crippen molar-refractivity contribution in [2.45, 2.75) is 26.7 Å². The average molecular weight is 297 g/mol. The van der Waals surface area contributed by atoms with Crippen LogP contribution in [0, 0.1) is 0 Å². The van der Waals surface area contributed by atoms with Gasteiger partial charge in [0.1, 0.15) is 0 Å². The first-order chi connectivity index (χ1) is 7.78. The van der Waals surface area contributed by atoms with Gasteiger partial charge in [0, 0.05) is 13.1 Å². The van der Waals surface area contributed by atoms with E-state index < -0.39 is 7.81 Å². The molecule has 1 nitrogen and oxygen atoms in total. The summed E-state index contributed by atoms with van der Waals surface area (Å²) in [6, 6.07) is 0. The van der Waals surface area contributed by atoms with Crippen molar-refractivity contribution in [3.63, 3.8) is 0 Å². The summed E-state index contributed by atoms with van der Waals surface area (Å²) in [5, 5.41) is 0. The number of allylic oxidation sites excluding steroid dienone is 2. The van der Waals surface area contributed by atoms with E-state index in [4.69, 9.17) is 0 Å². The molecule has 1 aliphatic heterocycles. The molecule has 0 spiro atoms. The van der Waals surface area contributed by atoms with Gasteiger partial charge >= 0.3 is 34.4 Å². The molecule has 18 heavy (non-hydrogen) atoms. The van der Waals surface area contributed by atoms with E-state index in [0.29, 0.717) is 0 Å². The molecule has 0 fully saturated rings. The molecule has 0 amide bonds. The molecule has 0 aromatic heterocycles. The van der Waals surface area contributed by atoms with Gasteiger partial charge in [0.15, 0.2) is 0 Å². The third kappa shape index (κ3) is 17.7. The predicted octanol–water partition coefficient (Wildman–Crippen LogP) is 6.06. The van der Waals surface area contributed by atoms with E-state index in [0.717, 1.165) is 6.54 Å². The smallest absolute Gasteiger partial charge is 1.00 e. The maximum absolute atomic E-state index is 10.7. The second-order valence-corrected chi connectivity index (χ2v) is 5.99. The molecule has 1 heterocycles. The van der Waals surface area contributed by atoms with Crippen molar-refractivity contribution in [1.82, 2.24) is 4.90 Å². The van der Waals surface area contributed by atoms with Crippen molar-refractivity contribution in [2.24, 2.45) is 0 Å². The Bertz CT molecular complexity index is 322. The minimum Gasteiger partial charge on any atom is 1.00 e. The van der Waals surface area contributed by atoms with Crippen molar-refractivity contribution in [2.75, 3.05) is 13.1 Å². The largest absolute Gasteiger partial charge is 1.00 e. The Labute approximate surface area is 104 Å². The van der Waals surface area contributed by atoms with Gasteiger partial charge in [0.25, 0.3) is 0 Å². The Kier molecular flexibility index (Phi) is 4.91. The number of rotatable bonds is 3. The van der Waals surface area contributed by atoms with Crippen molar-refractivity contribution in [1.29, 1.82) is 0 Å². The van der Waals surface area contributed by atoms with Gasteiger partial charge in [-0.1, -0.05) is 25.0 Å². The van der Waals surface area contributed by atoms with Gasteiger partial charge in [-0.2, -0.15) is 0 Å². The molecule has 0 saturated heterocycles. The standard InChI is InChI=1S/C10H17N.F6P/c1-3-4-7-11-8-5-10(2)6-9-11;1-7(2,3,4,5)6/h5-6,8H,3-4,7,9H2,1-2H3;/q;-1/p+1. The third-order valence-corrected chi connectivity index (χ3v) is 1.99. The fraction of sp³-hybridized carbons (Fsp3) is 0.600. The second-order valence-electron chi connectivity index (χ2n) is 4.07. The molecule has 0 unspecified atom stereocenters. The zero-order chi connectivity index (χ0) is 14.5. The molecular weight excluding hydrogens is 279 g/mol. The number of halogens is 6. The minimum absolute atomic E-state index is 0. The molecule has 1 aliphatic rings. The average Bonchev–Trinajstić information content (AvgIpc) is 2.12. The van der Waals surface area contributed by atoms with E-state index >= 15 is 0 Å². The first-order valence-corrected chi connectivity index (χ1v) is 7.46. The summed E-state index contributed by atoms with van der Waals surface area (Å²) in [4.78, 5) is 2.36. The Morgan fingerprint density at radius 3 is 2.06 bits per heavy atom. The number of nitrogens with zero attached hydrogens (tertiary/aromatic N) is 1. The Morgan fingerprint density at radius 1 is 1.22 bits per heavy atom. The summed E-state index contributed by atoms with van der Waals surface area (Å²) in [7, 11) is -10.7. The molecule has 1 rings (SSSR count). The van der Waals surface area contributed by atoms with E-state index in [1.807, 2.05) is 0 Å². The van der Waals surface area contributed by atoms with E-state index in [1.165, 1.54) is 25.0 Å². The monoisotopic (exact) mass is 297 g/mol. The predicted molar refractivity (Wildman–Crippen MR) is 64.1 cm³/mol. The molecular formula is C10H18F6NP. The fourth-order valence-corrected chi connectivity index (χ4v) is 1.14. The summed E-state index contributed by atoms with van der Waals surface area (Å²) in [6.07, 6.45) is 9.24. The molecule has 0 aliphatic carbocycles. The molecule has 0 atom stereocenters. The van der Waals surface area contributed by atoms with Crippen LogP contribution in [0.1, 0.15) is 28.1 Å². The Balaban J connectivity index is 0. The summed E-state index contributed by atoms with van der Waals surface area (Å²) in [5.74, 6) is 0. The SMILES string of the molecule is CCCCN1C=CC(C)=CC1.F[P-](F)(F)(F)(F)F.[H+]. The molecule has 0 aromatic carbocycles. The third-order valence-electron chi connectivity index (χ3n) is 1.99. The van der Waals surface area contributed by atoms with Crippen LogP contribution in [0.3, 0.4) is 0 Å². The quantitative estimate of drug-likeness (QED) is 0.452. The van der Waals surface area contributed by atoms with Gasteiger partial charge < -0.3 is 4.90 Å². The zero-order valence-corrected chi connectivity index (χ0v) is 11.1. The first-order valence-electron chi connectivity index (χ1n) is 5.43. The van der Waals surface area contributed by atoms with Gasteiger partial charge in [0.05, 0.1) is 0 Å². The maximum Gasteiger partial charge on any atom is 1.00 e. The normalized spacial score (nSPS) is 19.3. The van der Waals surface area contributed by atoms with E-state index in [2.05, 4.69) is 37.1 Å². The second kappa shape index (κ2) is 5.11. The van der Waals surface area contributed by atoms with E-state index in [9.17, 15) is 25.2 Å². The van der Waals surface area contributed by atoms with Crippen molar-refractivity contribution < 1.29 is 26.6 Å². The summed E-state index contributed by atoms with van der Waals surface area (Å²) in [6.45, 7) is 6.68. The number of hydrogen-bond acceptors (Lipinski definition) is 1. The van der Waals surface area contributed by atoms with Gasteiger partial charge in [-0.25, -0.2) is 0 Å².